The summed E-state index contributed by atoms with van der Waals surface area (Å²) in [6.45, 7) is 0. The van der Waals surface area contributed by atoms with Gasteiger partial charge in [-0.05, 0) is 17.7 Å². The number of ether oxygens (including phenoxy) is 1. The van der Waals surface area contributed by atoms with Crippen molar-refractivity contribution >= 4 is 17.6 Å². The lowest BCUT2D eigenvalue weighted by atomic mass is 10.1. The number of benzene rings is 1. The average Bonchev–Trinajstić information content (AvgIpc) is 2.20. The fraction of sp³-hybridized carbons (Fsp3) is 0.222. The van der Waals surface area contributed by atoms with E-state index in [-0.39, 0.29) is 22.1 Å². The highest BCUT2D eigenvalue weighted by Crippen LogP contribution is 2.36. The van der Waals surface area contributed by atoms with E-state index in [0.29, 0.717) is 0 Å². The van der Waals surface area contributed by atoms with Crippen LogP contribution in [0.25, 0.3) is 0 Å². The lowest BCUT2D eigenvalue weighted by Gasteiger charge is -2.11. The molecule has 0 aromatic heterocycles. The Balaban J connectivity index is 3.22. The molecule has 0 heterocycles. The number of carboxylic acid groups (broad SMARTS) is 1. The Morgan fingerprint density at radius 2 is 2.20 bits per heavy atom. The molecule has 5 nitrogen and oxygen atoms in total. The highest BCUT2D eigenvalue weighted by Gasteiger charge is 2.18. The fourth-order valence-electron chi connectivity index (χ4n) is 1.07. The maximum atomic E-state index is 10.6. The first-order valence-electron chi connectivity index (χ1n) is 4.02. The number of rotatable bonds is 3. The zero-order valence-corrected chi connectivity index (χ0v) is 8.65. The van der Waals surface area contributed by atoms with E-state index in [1.807, 2.05) is 0 Å². The summed E-state index contributed by atoms with van der Waals surface area (Å²) in [6, 6.07) is 1.43. The molecule has 0 saturated heterocycles. The summed E-state index contributed by atoms with van der Waals surface area (Å²) in [4.78, 5) is 10.6. The van der Waals surface area contributed by atoms with Crippen LogP contribution in [-0.4, -0.2) is 23.3 Å². The number of phenols is 1. The molecule has 0 fully saturated rings. The van der Waals surface area contributed by atoms with Crippen molar-refractivity contribution < 1.29 is 19.7 Å². The Morgan fingerprint density at radius 1 is 1.60 bits per heavy atom. The Morgan fingerprint density at radius 3 is 2.67 bits per heavy atom. The van der Waals surface area contributed by atoms with Crippen LogP contribution in [0.1, 0.15) is 11.6 Å². The Kier molecular flexibility index (Phi) is 3.39. The molecule has 6 heteroatoms. The van der Waals surface area contributed by atoms with Crippen LogP contribution in [0.4, 0.5) is 0 Å². The Bertz CT molecular complexity index is 394. The highest BCUT2D eigenvalue weighted by atomic mass is 35.5. The van der Waals surface area contributed by atoms with Gasteiger partial charge in [-0.15, -0.1) is 0 Å². The van der Waals surface area contributed by atoms with Gasteiger partial charge < -0.3 is 20.7 Å². The Labute approximate surface area is 91.0 Å². The number of halogens is 1. The van der Waals surface area contributed by atoms with E-state index >= 15 is 0 Å². The van der Waals surface area contributed by atoms with Crippen molar-refractivity contribution in [1.29, 1.82) is 0 Å². The van der Waals surface area contributed by atoms with Gasteiger partial charge in [-0.2, -0.15) is 0 Å². The zero-order valence-electron chi connectivity index (χ0n) is 7.90. The van der Waals surface area contributed by atoms with Gasteiger partial charge in [0.2, 0.25) is 0 Å². The molecule has 0 aliphatic rings. The molecule has 1 rings (SSSR count). The number of carboxylic acids is 1. The largest absolute Gasteiger partial charge is 0.503 e. The molecule has 0 spiro atoms. The van der Waals surface area contributed by atoms with Crippen molar-refractivity contribution in [1.82, 2.24) is 0 Å². The third-order valence-electron chi connectivity index (χ3n) is 1.90. The number of aliphatic carboxylic acids is 1. The minimum absolute atomic E-state index is 0.000972. The molecule has 0 radical (unpaired) electrons. The van der Waals surface area contributed by atoms with Crippen LogP contribution < -0.4 is 10.5 Å². The van der Waals surface area contributed by atoms with Crippen molar-refractivity contribution in [3.8, 4) is 11.5 Å². The van der Waals surface area contributed by atoms with E-state index in [9.17, 15) is 9.90 Å². The van der Waals surface area contributed by atoms with Crippen LogP contribution in [0, 0.1) is 0 Å². The van der Waals surface area contributed by atoms with Crippen molar-refractivity contribution in [3.05, 3.63) is 22.7 Å². The maximum Gasteiger partial charge on any atom is 0.325 e. The molecule has 0 saturated carbocycles. The molecule has 0 bridgehead atoms. The Hall–Kier alpha value is -1.46. The summed E-state index contributed by atoms with van der Waals surface area (Å²) in [6.07, 6.45) is 0. The van der Waals surface area contributed by atoms with Crippen molar-refractivity contribution in [3.63, 3.8) is 0 Å². The minimum Gasteiger partial charge on any atom is -0.503 e. The number of carbonyl (C=O) groups is 1. The molecule has 1 aromatic carbocycles. The summed E-state index contributed by atoms with van der Waals surface area (Å²) in [5, 5.41) is 18.1. The number of hydrogen-bond acceptors (Lipinski definition) is 4. The van der Waals surface area contributed by atoms with Crippen LogP contribution in [0.5, 0.6) is 11.5 Å². The molecule has 15 heavy (non-hydrogen) atoms. The fourth-order valence-corrected chi connectivity index (χ4v) is 1.29. The molecule has 82 valence electrons. The van der Waals surface area contributed by atoms with Gasteiger partial charge in [0.25, 0.3) is 0 Å². The second-order valence-electron chi connectivity index (χ2n) is 2.87. The molecule has 0 unspecified atom stereocenters. The van der Waals surface area contributed by atoms with Crippen molar-refractivity contribution in [2.24, 2.45) is 5.73 Å². The SMILES string of the molecule is COc1cc([C@H](N)C(=O)O)cc(Cl)c1O. The quantitative estimate of drug-likeness (QED) is 0.725. The van der Waals surface area contributed by atoms with Gasteiger partial charge >= 0.3 is 5.97 Å². The molecule has 0 aliphatic heterocycles. The van der Waals surface area contributed by atoms with E-state index in [0.717, 1.165) is 0 Å². The summed E-state index contributed by atoms with van der Waals surface area (Å²) in [5.74, 6) is -1.33. The van der Waals surface area contributed by atoms with Crippen LogP contribution in [0.2, 0.25) is 5.02 Å². The van der Waals surface area contributed by atoms with E-state index in [1.54, 1.807) is 0 Å². The van der Waals surface area contributed by atoms with E-state index in [1.165, 1.54) is 19.2 Å². The average molecular weight is 232 g/mol. The van der Waals surface area contributed by atoms with E-state index in [4.69, 9.17) is 27.2 Å². The third-order valence-corrected chi connectivity index (χ3v) is 2.18. The van der Waals surface area contributed by atoms with Crippen molar-refractivity contribution in [2.45, 2.75) is 6.04 Å². The van der Waals surface area contributed by atoms with Crippen LogP contribution >= 0.6 is 11.6 Å². The molecular formula is C9H10ClNO4. The molecule has 0 aliphatic carbocycles. The summed E-state index contributed by atoms with van der Waals surface area (Å²) >= 11 is 5.67. The lowest BCUT2D eigenvalue weighted by Crippen LogP contribution is -2.20. The number of hydrogen-bond donors (Lipinski definition) is 3. The van der Waals surface area contributed by atoms with E-state index < -0.39 is 12.0 Å². The standard InChI is InChI=1S/C9H10ClNO4/c1-15-6-3-4(7(11)9(13)14)2-5(10)8(6)12/h2-3,7,12H,11H2,1H3,(H,13,14)/t7-/m0/s1. The predicted molar refractivity (Wildman–Crippen MR) is 54.2 cm³/mol. The second-order valence-corrected chi connectivity index (χ2v) is 3.28. The second kappa shape index (κ2) is 4.37. The summed E-state index contributed by atoms with van der Waals surface area (Å²) in [7, 11) is 1.33. The van der Waals surface area contributed by atoms with Gasteiger partial charge in [-0.3, -0.25) is 4.79 Å². The van der Waals surface area contributed by atoms with E-state index in [2.05, 4.69) is 0 Å². The number of methoxy groups -OCH3 is 1. The molecular weight excluding hydrogens is 222 g/mol. The van der Waals surface area contributed by atoms with Gasteiger partial charge in [-0.25, -0.2) is 0 Å². The smallest absolute Gasteiger partial charge is 0.325 e. The van der Waals surface area contributed by atoms with Gasteiger partial charge in [0.15, 0.2) is 11.5 Å². The topological polar surface area (TPSA) is 92.8 Å². The highest BCUT2D eigenvalue weighted by molar-refractivity contribution is 6.32. The van der Waals surface area contributed by atoms with Crippen LogP contribution in [0.3, 0.4) is 0 Å². The minimum atomic E-state index is -1.20. The molecule has 1 atom stereocenters. The summed E-state index contributed by atoms with van der Waals surface area (Å²) in [5.41, 5.74) is 5.65. The van der Waals surface area contributed by atoms with Gasteiger partial charge in [0, 0.05) is 0 Å². The normalized spacial score (nSPS) is 12.2. The van der Waals surface area contributed by atoms with Gasteiger partial charge in [-0.1, -0.05) is 11.6 Å². The van der Waals surface area contributed by atoms with Crippen LogP contribution in [-0.2, 0) is 4.79 Å². The van der Waals surface area contributed by atoms with Gasteiger partial charge in [0.05, 0.1) is 12.1 Å². The molecule has 1 aromatic rings. The van der Waals surface area contributed by atoms with Crippen LogP contribution in [0.15, 0.2) is 12.1 Å². The first-order chi connectivity index (χ1) is 6.97. The number of aromatic hydroxyl groups is 1. The molecule has 0 amide bonds. The number of nitrogens with two attached hydrogens (primary N) is 1. The van der Waals surface area contributed by atoms with Crippen molar-refractivity contribution in [2.75, 3.05) is 7.11 Å². The maximum absolute atomic E-state index is 10.6. The summed E-state index contributed by atoms with van der Waals surface area (Å²) < 4.78 is 4.81. The molecule has 4 N–H and O–H groups in total. The third kappa shape index (κ3) is 2.31. The first-order valence-corrected chi connectivity index (χ1v) is 4.40. The first kappa shape index (κ1) is 11.6. The zero-order chi connectivity index (χ0) is 11.6. The monoisotopic (exact) mass is 231 g/mol. The number of phenolic OH excluding ortho intramolecular Hbond substituents is 1. The predicted octanol–water partition coefficient (Wildman–Crippen LogP) is 1.14. The van der Waals surface area contributed by atoms with Gasteiger partial charge in [0.1, 0.15) is 6.04 Å². The lowest BCUT2D eigenvalue weighted by molar-refractivity contribution is -0.138.